The summed E-state index contributed by atoms with van der Waals surface area (Å²) in [5.41, 5.74) is 3.78. The molecule has 0 unspecified atom stereocenters. The molecule has 0 aliphatic heterocycles. The number of H-pyrrole nitrogens is 1. The monoisotopic (exact) mass is 232 g/mol. The Morgan fingerprint density at radius 3 is 2.94 bits per heavy atom. The Hall–Kier alpha value is -1.80. The molecular weight excluding hydrogens is 220 g/mol. The number of hydrogen-bond acceptors (Lipinski definition) is 4. The molecule has 2 aromatic heterocycles. The lowest BCUT2D eigenvalue weighted by atomic mass is 10.3. The summed E-state index contributed by atoms with van der Waals surface area (Å²) >= 11 is 1.59. The molecule has 4 nitrogen and oxygen atoms in total. The number of anilines is 1. The Morgan fingerprint density at radius 2 is 2.38 bits per heavy atom. The summed E-state index contributed by atoms with van der Waals surface area (Å²) < 4.78 is 0. The average molecular weight is 232 g/mol. The Kier molecular flexibility index (Phi) is 2.93. The number of hydrogen-bond donors (Lipinski definition) is 2. The Labute approximate surface area is 97.9 Å². The lowest BCUT2D eigenvalue weighted by Crippen LogP contribution is -1.99. The Bertz CT molecular complexity index is 513. The highest BCUT2D eigenvalue weighted by Crippen LogP contribution is 2.19. The second kappa shape index (κ2) is 4.37. The van der Waals surface area contributed by atoms with E-state index in [-0.39, 0.29) is 0 Å². The minimum Gasteiger partial charge on any atom is -0.377 e. The molecule has 2 rings (SSSR count). The topological polar surface area (TPSA) is 64.5 Å². The predicted molar refractivity (Wildman–Crippen MR) is 64.4 cm³/mol. The number of thiophene rings is 1. The van der Waals surface area contributed by atoms with E-state index in [9.17, 15) is 0 Å². The van der Waals surface area contributed by atoms with Crippen LogP contribution < -0.4 is 5.32 Å². The highest BCUT2D eigenvalue weighted by Gasteiger charge is 2.06. The van der Waals surface area contributed by atoms with Crippen molar-refractivity contribution in [1.82, 2.24) is 10.2 Å². The summed E-state index contributed by atoms with van der Waals surface area (Å²) in [4.78, 5) is 1.15. The zero-order valence-electron chi connectivity index (χ0n) is 9.16. The summed E-state index contributed by atoms with van der Waals surface area (Å²) in [6, 6.07) is 4.03. The van der Waals surface area contributed by atoms with E-state index in [4.69, 9.17) is 5.26 Å². The third-order valence-electron chi connectivity index (χ3n) is 2.35. The van der Waals surface area contributed by atoms with Gasteiger partial charge in [-0.25, -0.2) is 0 Å². The summed E-state index contributed by atoms with van der Waals surface area (Å²) in [7, 11) is 0. The first kappa shape index (κ1) is 10.7. The van der Waals surface area contributed by atoms with Crippen LogP contribution in [0.4, 0.5) is 5.69 Å². The molecule has 0 radical (unpaired) electrons. The fraction of sp³-hybridized carbons (Fsp3) is 0.273. The minimum absolute atomic E-state index is 0.724. The first-order chi connectivity index (χ1) is 7.70. The van der Waals surface area contributed by atoms with Crippen LogP contribution in [-0.2, 0) is 6.54 Å². The van der Waals surface area contributed by atoms with Crippen LogP contribution in [0, 0.1) is 25.2 Å². The largest absolute Gasteiger partial charge is 0.377 e. The van der Waals surface area contributed by atoms with Crippen molar-refractivity contribution in [3.63, 3.8) is 0 Å². The van der Waals surface area contributed by atoms with Crippen LogP contribution in [0.1, 0.15) is 21.8 Å². The molecule has 0 atom stereocenters. The molecule has 0 aliphatic carbocycles. The van der Waals surface area contributed by atoms with Crippen LogP contribution in [0.5, 0.6) is 0 Å². The van der Waals surface area contributed by atoms with Crippen LogP contribution in [-0.4, -0.2) is 10.2 Å². The van der Waals surface area contributed by atoms with Crippen molar-refractivity contribution in [2.45, 2.75) is 20.4 Å². The van der Waals surface area contributed by atoms with Crippen molar-refractivity contribution in [1.29, 1.82) is 5.26 Å². The van der Waals surface area contributed by atoms with Crippen molar-refractivity contribution >= 4 is 17.0 Å². The van der Waals surface area contributed by atoms with Gasteiger partial charge in [-0.05, 0) is 19.9 Å². The molecule has 0 bridgehead atoms. The van der Waals surface area contributed by atoms with Crippen LogP contribution in [0.15, 0.2) is 11.4 Å². The van der Waals surface area contributed by atoms with Gasteiger partial charge in [0.2, 0.25) is 0 Å². The van der Waals surface area contributed by atoms with Gasteiger partial charge in [0.15, 0.2) is 0 Å². The molecule has 16 heavy (non-hydrogen) atoms. The van der Waals surface area contributed by atoms with Gasteiger partial charge in [-0.1, -0.05) is 0 Å². The lowest BCUT2D eigenvalue weighted by Gasteiger charge is -2.03. The maximum atomic E-state index is 8.71. The molecule has 0 saturated carbocycles. The molecule has 0 spiro atoms. The van der Waals surface area contributed by atoms with E-state index in [2.05, 4.69) is 21.6 Å². The van der Waals surface area contributed by atoms with Crippen LogP contribution in [0.3, 0.4) is 0 Å². The quantitative estimate of drug-likeness (QED) is 0.854. The Balaban J connectivity index is 2.05. The fourth-order valence-electron chi connectivity index (χ4n) is 1.52. The molecule has 0 aromatic carbocycles. The van der Waals surface area contributed by atoms with Crippen LogP contribution in [0.25, 0.3) is 0 Å². The average Bonchev–Trinajstić information content (AvgIpc) is 2.85. The van der Waals surface area contributed by atoms with E-state index in [0.717, 1.165) is 34.1 Å². The molecule has 0 aliphatic rings. The van der Waals surface area contributed by atoms with E-state index in [0.29, 0.717) is 0 Å². The normalized spacial score (nSPS) is 10.1. The number of nitriles is 1. The van der Waals surface area contributed by atoms with Crippen molar-refractivity contribution in [2.24, 2.45) is 0 Å². The lowest BCUT2D eigenvalue weighted by molar-refractivity contribution is 1.02. The number of rotatable bonds is 3. The standard InChI is InChI=1S/C11H12N4S/c1-7-11(8(2)15-14-7)13-5-10-3-9(4-12)6-16-10/h3,6,13H,5H2,1-2H3,(H,14,15). The minimum atomic E-state index is 0.724. The maximum Gasteiger partial charge on any atom is 0.100 e. The second-order valence-corrected chi connectivity index (χ2v) is 4.57. The van der Waals surface area contributed by atoms with E-state index < -0.39 is 0 Å². The third-order valence-corrected chi connectivity index (χ3v) is 3.29. The van der Waals surface area contributed by atoms with Crippen molar-refractivity contribution in [3.8, 4) is 6.07 Å². The molecular formula is C11H12N4S. The SMILES string of the molecule is Cc1n[nH]c(C)c1NCc1cc(C#N)cs1. The van der Waals surface area contributed by atoms with Gasteiger partial charge in [-0.3, -0.25) is 5.10 Å². The van der Waals surface area contributed by atoms with Crippen molar-refractivity contribution < 1.29 is 0 Å². The van der Waals surface area contributed by atoms with Gasteiger partial charge >= 0.3 is 0 Å². The van der Waals surface area contributed by atoms with Gasteiger partial charge < -0.3 is 5.32 Å². The van der Waals surface area contributed by atoms with E-state index in [1.165, 1.54) is 0 Å². The molecule has 0 amide bonds. The van der Waals surface area contributed by atoms with E-state index in [1.807, 2.05) is 25.3 Å². The number of nitrogens with zero attached hydrogens (tertiary/aromatic N) is 2. The van der Waals surface area contributed by atoms with E-state index in [1.54, 1.807) is 11.3 Å². The first-order valence-corrected chi connectivity index (χ1v) is 5.81. The van der Waals surface area contributed by atoms with Crippen LogP contribution in [0.2, 0.25) is 0 Å². The number of aryl methyl sites for hydroxylation is 2. The number of aromatic amines is 1. The molecule has 0 fully saturated rings. The Morgan fingerprint density at radius 1 is 1.56 bits per heavy atom. The van der Waals surface area contributed by atoms with Gasteiger partial charge in [0.1, 0.15) is 6.07 Å². The molecule has 82 valence electrons. The summed E-state index contributed by atoms with van der Waals surface area (Å²) in [6.45, 7) is 4.67. The van der Waals surface area contributed by atoms with Gasteiger partial charge in [0.05, 0.1) is 22.6 Å². The molecule has 2 aromatic rings. The zero-order chi connectivity index (χ0) is 11.5. The molecule has 2 heterocycles. The fourth-order valence-corrected chi connectivity index (χ4v) is 2.27. The number of aromatic nitrogens is 2. The van der Waals surface area contributed by atoms with Gasteiger partial charge in [-0.15, -0.1) is 11.3 Å². The first-order valence-electron chi connectivity index (χ1n) is 4.93. The summed E-state index contributed by atoms with van der Waals surface area (Å²) in [5.74, 6) is 0. The van der Waals surface area contributed by atoms with Crippen molar-refractivity contribution in [2.75, 3.05) is 5.32 Å². The van der Waals surface area contributed by atoms with Gasteiger partial charge in [0.25, 0.3) is 0 Å². The zero-order valence-corrected chi connectivity index (χ0v) is 9.98. The molecule has 2 N–H and O–H groups in total. The van der Waals surface area contributed by atoms with Gasteiger partial charge in [0, 0.05) is 16.8 Å². The smallest absolute Gasteiger partial charge is 0.100 e. The second-order valence-electron chi connectivity index (χ2n) is 3.58. The third kappa shape index (κ3) is 2.07. The van der Waals surface area contributed by atoms with Crippen molar-refractivity contribution in [3.05, 3.63) is 33.3 Å². The summed E-state index contributed by atoms with van der Waals surface area (Å²) in [6.07, 6.45) is 0. The molecule has 0 saturated heterocycles. The number of nitrogens with one attached hydrogen (secondary N) is 2. The predicted octanol–water partition coefficient (Wildman–Crippen LogP) is 2.57. The van der Waals surface area contributed by atoms with Gasteiger partial charge in [-0.2, -0.15) is 10.4 Å². The molecule has 5 heteroatoms. The highest BCUT2D eigenvalue weighted by molar-refractivity contribution is 7.10. The van der Waals surface area contributed by atoms with Crippen LogP contribution >= 0.6 is 11.3 Å². The summed E-state index contributed by atoms with van der Waals surface area (Å²) in [5, 5.41) is 20.9. The van der Waals surface area contributed by atoms with E-state index >= 15 is 0 Å². The maximum absolute atomic E-state index is 8.71. The highest BCUT2D eigenvalue weighted by atomic mass is 32.1.